The van der Waals surface area contributed by atoms with E-state index in [1.807, 2.05) is 11.8 Å². The molecule has 3 N–H and O–H groups in total. The van der Waals surface area contributed by atoms with Crippen LogP contribution in [0.25, 0.3) is 0 Å². The molecule has 0 bridgehead atoms. The Labute approximate surface area is 120 Å². The van der Waals surface area contributed by atoms with Crippen molar-refractivity contribution >= 4 is 17.7 Å². The first-order chi connectivity index (χ1) is 8.93. The van der Waals surface area contributed by atoms with Crippen molar-refractivity contribution in [2.45, 2.75) is 50.3 Å². The number of hydrazine groups is 1. The number of hydrogen-bond donors (Lipinski definition) is 2. The molecule has 0 unspecified atom stereocenters. The van der Waals surface area contributed by atoms with Crippen LogP contribution < -0.4 is 11.3 Å². The summed E-state index contributed by atoms with van der Waals surface area (Å²) in [5.41, 5.74) is 3.71. The van der Waals surface area contributed by atoms with Crippen LogP contribution in [0.5, 0.6) is 0 Å². The van der Waals surface area contributed by atoms with Gasteiger partial charge in [-0.05, 0) is 41.7 Å². The molecule has 0 aliphatic carbocycles. The fraction of sp³-hybridized carbons (Fsp3) is 0.533. The average Bonchev–Trinajstić information content (AvgIpc) is 2.37. The first-order valence-corrected chi connectivity index (χ1v) is 7.65. The zero-order valence-corrected chi connectivity index (χ0v) is 12.8. The lowest BCUT2D eigenvalue weighted by atomic mass is 9.87. The minimum absolute atomic E-state index is 0.0838. The van der Waals surface area contributed by atoms with E-state index in [0.29, 0.717) is 6.42 Å². The van der Waals surface area contributed by atoms with Crippen LogP contribution in [0.2, 0.25) is 0 Å². The van der Waals surface area contributed by atoms with Gasteiger partial charge in [-0.2, -0.15) is 0 Å². The molecule has 1 rings (SSSR count). The Morgan fingerprint density at radius 1 is 1.21 bits per heavy atom. The summed E-state index contributed by atoms with van der Waals surface area (Å²) in [7, 11) is 0. The maximum absolute atomic E-state index is 10.9. The first-order valence-electron chi connectivity index (χ1n) is 6.66. The second-order valence-corrected chi connectivity index (χ2v) is 6.82. The third-order valence-electron chi connectivity index (χ3n) is 2.95. The van der Waals surface area contributed by atoms with Gasteiger partial charge in [-0.25, -0.2) is 5.84 Å². The van der Waals surface area contributed by atoms with E-state index in [1.54, 1.807) is 0 Å². The predicted octanol–water partition coefficient (Wildman–Crippen LogP) is 3.24. The number of nitrogens with one attached hydrogen (secondary N) is 1. The van der Waals surface area contributed by atoms with E-state index in [-0.39, 0.29) is 11.3 Å². The minimum atomic E-state index is -0.0838. The van der Waals surface area contributed by atoms with Gasteiger partial charge >= 0.3 is 0 Å². The van der Waals surface area contributed by atoms with E-state index in [2.05, 4.69) is 50.5 Å². The number of thioether (sulfide) groups is 1. The maximum Gasteiger partial charge on any atom is 0.233 e. The molecule has 0 radical (unpaired) electrons. The quantitative estimate of drug-likeness (QED) is 0.276. The van der Waals surface area contributed by atoms with Gasteiger partial charge in [-0.1, -0.05) is 32.9 Å². The molecule has 0 heterocycles. The van der Waals surface area contributed by atoms with Gasteiger partial charge in [0.25, 0.3) is 0 Å². The Bertz CT molecular complexity index is 396. The highest BCUT2D eigenvalue weighted by molar-refractivity contribution is 7.99. The summed E-state index contributed by atoms with van der Waals surface area (Å²) >= 11 is 1.84. The van der Waals surface area contributed by atoms with E-state index in [1.165, 1.54) is 10.5 Å². The highest BCUT2D eigenvalue weighted by Gasteiger charge is 2.12. The molecule has 0 saturated heterocycles. The van der Waals surface area contributed by atoms with Gasteiger partial charge in [0.05, 0.1) is 0 Å². The van der Waals surface area contributed by atoms with Crippen LogP contribution in [0.4, 0.5) is 0 Å². The van der Waals surface area contributed by atoms with Gasteiger partial charge in [0.15, 0.2) is 0 Å². The molecule has 0 atom stereocenters. The van der Waals surface area contributed by atoms with Crippen LogP contribution in [-0.2, 0) is 10.2 Å². The molecule has 1 aromatic carbocycles. The van der Waals surface area contributed by atoms with Gasteiger partial charge < -0.3 is 0 Å². The number of hydrogen-bond acceptors (Lipinski definition) is 3. The van der Waals surface area contributed by atoms with Crippen molar-refractivity contribution in [2.75, 3.05) is 5.75 Å². The lowest BCUT2D eigenvalue weighted by molar-refractivity contribution is -0.121. The van der Waals surface area contributed by atoms with Crippen molar-refractivity contribution in [3.63, 3.8) is 0 Å². The Hall–Kier alpha value is -1.00. The number of benzene rings is 1. The second-order valence-electron chi connectivity index (χ2n) is 5.65. The second kappa shape index (κ2) is 7.56. The number of nitrogens with two attached hydrogens (primary N) is 1. The SMILES string of the molecule is CC(C)(C)c1ccc(SCCCCC(=O)NN)cc1. The van der Waals surface area contributed by atoms with Gasteiger partial charge in [-0.3, -0.25) is 10.2 Å². The summed E-state index contributed by atoms with van der Waals surface area (Å²) in [6, 6.07) is 8.75. The summed E-state index contributed by atoms with van der Waals surface area (Å²) < 4.78 is 0. The monoisotopic (exact) mass is 280 g/mol. The number of unbranched alkanes of at least 4 members (excludes halogenated alkanes) is 1. The molecule has 1 aromatic rings. The lowest BCUT2D eigenvalue weighted by Crippen LogP contribution is -2.29. The Balaban J connectivity index is 2.29. The van der Waals surface area contributed by atoms with E-state index in [4.69, 9.17) is 5.84 Å². The van der Waals surface area contributed by atoms with Crippen LogP contribution in [0.15, 0.2) is 29.2 Å². The van der Waals surface area contributed by atoms with Gasteiger partial charge in [0, 0.05) is 11.3 Å². The van der Waals surface area contributed by atoms with Gasteiger partial charge in [-0.15, -0.1) is 11.8 Å². The molecule has 0 aromatic heterocycles. The summed E-state index contributed by atoms with van der Waals surface area (Å²) in [6.45, 7) is 6.66. The van der Waals surface area contributed by atoms with Crippen LogP contribution in [0.3, 0.4) is 0 Å². The van der Waals surface area contributed by atoms with Crippen molar-refractivity contribution in [2.24, 2.45) is 5.84 Å². The average molecular weight is 280 g/mol. The molecule has 0 fully saturated rings. The summed E-state index contributed by atoms with van der Waals surface area (Å²) in [6.07, 6.45) is 2.43. The fourth-order valence-electron chi connectivity index (χ4n) is 1.70. The number of carbonyl (C=O) groups excluding carboxylic acids is 1. The molecule has 3 nitrogen and oxygen atoms in total. The van der Waals surface area contributed by atoms with Crippen molar-refractivity contribution in [3.8, 4) is 0 Å². The number of amides is 1. The minimum Gasteiger partial charge on any atom is -0.294 e. The Morgan fingerprint density at radius 2 is 1.84 bits per heavy atom. The lowest BCUT2D eigenvalue weighted by Gasteiger charge is -2.19. The molecule has 19 heavy (non-hydrogen) atoms. The third kappa shape index (κ3) is 6.12. The van der Waals surface area contributed by atoms with Gasteiger partial charge in [0.2, 0.25) is 5.91 Å². The van der Waals surface area contributed by atoms with Crippen LogP contribution >= 0.6 is 11.8 Å². The molecule has 0 aliphatic rings. The molecule has 1 amide bonds. The van der Waals surface area contributed by atoms with Crippen molar-refractivity contribution in [1.29, 1.82) is 0 Å². The molecule has 106 valence electrons. The Kier molecular flexibility index (Phi) is 6.38. The highest BCUT2D eigenvalue weighted by Crippen LogP contribution is 2.26. The summed E-state index contributed by atoms with van der Waals surface area (Å²) in [5, 5.41) is 0. The topological polar surface area (TPSA) is 55.1 Å². The molecule has 0 saturated carbocycles. The highest BCUT2D eigenvalue weighted by atomic mass is 32.2. The normalized spacial score (nSPS) is 11.4. The van der Waals surface area contributed by atoms with Crippen LogP contribution in [0, 0.1) is 0 Å². The smallest absolute Gasteiger partial charge is 0.233 e. The maximum atomic E-state index is 10.9. The first kappa shape index (κ1) is 16.1. The summed E-state index contributed by atoms with van der Waals surface area (Å²) in [4.78, 5) is 12.2. The summed E-state index contributed by atoms with van der Waals surface area (Å²) in [5.74, 6) is 5.97. The molecule has 0 spiro atoms. The molecular weight excluding hydrogens is 256 g/mol. The van der Waals surface area contributed by atoms with Crippen molar-refractivity contribution in [3.05, 3.63) is 29.8 Å². The number of carbonyl (C=O) groups is 1. The fourth-order valence-corrected chi connectivity index (χ4v) is 2.61. The van der Waals surface area contributed by atoms with E-state index in [0.717, 1.165) is 18.6 Å². The van der Waals surface area contributed by atoms with E-state index >= 15 is 0 Å². The number of rotatable bonds is 6. The van der Waals surface area contributed by atoms with Crippen LogP contribution in [-0.4, -0.2) is 11.7 Å². The molecule has 4 heteroatoms. The van der Waals surface area contributed by atoms with Crippen molar-refractivity contribution in [1.82, 2.24) is 5.43 Å². The van der Waals surface area contributed by atoms with E-state index in [9.17, 15) is 4.79 Å². The molecular formula is C15H24N2OS. The zero-order valence-electron chi connectivity index (χ0n) is 12.0. The third-order valence-corrected chi connectivity index (χ3v) is 4.05. The van der Waals surface area contributed by atoms with Crippen molar-refractivity contribution < 1.29 is 4.79 Å². The predicted molar refractivity (Wildman–Crippen MR) is 82.0 cm³/mol. The standard InChI is InChI=1S/C15H24N2OS/c1-15(2,3)12-7-9-13(10-8-12)19-11-5-4-6-14(18)17-16/h7-10H,4-6,11,16H2,1-3H3,(H,17,18). The van der Waals surface area contributed by atoms with Crippen LogP contribution in [0.1, 0.15) is 45.6 Å². The zero-order chi connectivity index (χ0) is 14.3. The molecule has 0 aliphatic heterocycles. The van der Waals surface area contributed by atoms with Gasteiger partial charge in [0.1, 0.15) is 0 Å². The largest absolute Gasteiger partial charge is 0.294 e. The Morgan fingerprint density at radius 3 is 2.37 bits per heavy atom. The van der Waals surface area contributed by atoms with E-state index < -0.39 is 0 Å².